The Bertz CT molecular complexity index is 840. The van der Waals surface area contributed by atoms with E-state index in [0.717, 1.165) is 0 Å². The molecule has 1 aliphatic heterocycles. The number of nitrogens with zero attached hydrogens (tertiary/aromatic N) is 1. The molecule has 0 amide bonds. The molecule has 0 spiro atoms. The van der Waals surface area contributed by atoms with Crippen molar-refractivity contribution in [1.82, 2.24) is 0 Å². The molecule has 1 saturated heterocycles. The molecule has 2 aromatic rings. The molecule has 144 valence electrons. The number of aliphatic hydroxyl groups excluding tert-OH is 2. The van der Waals surface area contributed by atoms with Crippen LogP contribution in [0.25, 0.3) is 0 Å². The van der Waals surface area contributed by atoms with Crippen LogP contribution in [-0.2, 0) is 0 Å². The molecular weight excluding hydrogens is 394 g/mol. The van der Waals surface area contributed by atoms with Gasteiger partial charge in [0.2, 0.25) is 0 Å². The van der Waals surface area contributed by atoms with Crippen LogP contribution in [0.1, 0.15) is 18.4 Å². The SMILES string of the molecule is O[C@@H]1CC[C@H](O)CN(c2cc(C(=S)Nc3ccc(F)c(Cl)c3)ccc2F)C1. The van der Waals surface area contributed by atoms with Crippen LogP contribution in [0, 0.1) is 11.6 Å². The summed E-state index contributed by atoms with van der Waals surface area (Å²) in [5.41, 5.74) is 1.32. The molecule has 1 heterocycles. The molecule has 0 radical (unpaired) electrons. The lowest BCUT2D eigenvalue weighted by Gasteiger charge is -2.26. The van der Waals surface area contributed by atoms with Crippen molar-refractivity contribution in [3.63, 3.8) is 0 Å². The summed E-state index contributed by atoms with van der Waals surface area (Å²) in [5, 5.41) is 22.9. The van der Waals surface area contributed by atoms with E-state index in [1.54, 1.807) is 11.0 Å². The third-order valence-corrected chi connectivity index (χ3v) is 5.05. The summed E-state index contributed by atoms with van der Waals surface area (Å²) in [6.45, 7) is 0.455. The normalized spacial score (nSPS) is 20.3. The predicted molar refractivity (Wildman–Crippen MR) is 107 cm³/mol. The van der Waals surface area contributed by atoms with Gasteiger partial charge in [-0.3, -0.25) is 0 Å². The van der Waals surface area contributed by atoms with Crippen LogP contribution in [0.4, 0.5) is 20.2 Å². The first-order chi connectivity index (χ1) is 12.8. The monoisotopic (exact) mass is 412 g/mol. The Labute approximate surface area is 166 Å². The van der Waals surface area contributed by atoms with Gasteiger partial charge in [0.05, 0.1) is 22.9 Å². The van der Waals surface area contributed by atoms with Gasteiger partial charge in [-0.2, -0.15) is 0 Å². The van der Waals surface area contributed by atoms with Crippen molar-refractivity contribution in [2.75, 3.05) is 23.3 Å². The largest absolute Gasteiger partial charge is 0.391 e. The van der Waals surface area contributed by atoms with Crippen LogP contribution in [0.15, 0.2) is 36.4 Å². The smallest absolute Gasteiger partial charge is 0.146 e. The summed E-state index contributed by atoms with van der Waals surface area (Å²) >= 11 is 11.1. The maximum atomic E-state index is 14.4. The first-order valence-corrected chi connectivity index (χ1v) is 9.29. The standard InChI is InChI=1S/C19H19ClF2N2O2S/c20-15-8-12(2-6-16(15)21)23-19(27)11-1-5-17(22)18(7-11)24-9-13(25)3-4-14(26)10-24/h1-2,5-8,13-14,25-26H,3-4,9-10H2,(H,23,27)/t13-,14+. The van der Waals surface area contributed by atoms with Crippen LogP contribution in [0.5, 0.6) is 0 Å². The van der Waals surface area contributed by atoms with Crippen LogP contribution in [0.3, 0.4) is 0 Å². The van der Waals surface area contributed by atoms with E-state index in [0.29, 0.717) is 29.1 Å². The van der Waals surface area contributed by atoms with Crippen molar-refractivity contribution in [2.45, 2.75) is 25.0 Å². The van der Waals surface area contributed by atoms with Gasteiger partial charge in [0.1, 0.15) is 16.6 Å². The third kappa shape index (κ3) is 4.93. The van der Waals surface area contributed by atoms with E-state index in [4.69, 9.17) is 23.8 Å². The minimum absolute atomic E-state index is 0.0323. The summed E-state index contributed by atoms with van der Waals surface area (Å²) in [7, 11) is 0. The van der Waals surface area contributed by atoms with Gasteiger partial charge in [0, 0.05) is 24.3 Å². The van der Waals surface area contributed by atoms with Crippen LogP contribution in [-0.4, -0.2) is 40.5 Å². The van der Waals surface area contributed by atoms with Crippen LogP contribution in [0.2, 0.25) is 5.02 Å². The highest BCUT2D eigenvalue weighted by atomic mass is 35.5. The third-order valence-electron chi connectivity index (χ3n) is 4.42. The van der Waals surface area contributed by atoms with Crippen molar-refractivity contribution in [3.05, 3.63) is 58.6 Å². The van der Waals surface area contributed by atoms with E-state index in [2.05, 4.69) is 5.32 Å². The molecule has 0 aliphatic carbocycles. The fourth-order valence-corrected chi connectivity index (χ4v) is 3.45. The minimum Gasteiger partial charge on any atom is -0.391 e. The Kier molecular flexibility index (Phi) is 6.26. The number of β-amino-alcohol motifs (C(OH)–C–C–N with tert-alkyl or cyclic N) is 2. The predicted octanol–water partition coefficient (Wildman–Crippen LogP) is 3.73. The zero-order valence-corrected chi connectivity index (χ0v) is 15.9. The number of benzene rings is 2. The topological polar surface area (TPSA) is 55.7 Å². The fraction of sp³-hybridized carbons (Fsp3) is 0.316. The van der Waals surface area contributed by atoms with Crippen LogP contribution < -0.4 is 10.2 Å². The van der Waals surface area contributed by atoms with Crippen molar-refractivity contribution in [3.8, 4) is 0 Å². The van der Waals surface area contributed by atoms with E-state index >= 15 is 0 Å². The molecule has 0 bridgehead atoms. The highest BCUT2D eigenvalue weighted by Crippen LogP contribution is 2.26. The van der Waals surface area contributed by atoms with Crippen molar-refractivity contribution in [1.29, 1.82) is 0 Å². The maximum Gasteiger partial charge on any atom is 0.146 e. The number of halogens is 3. The van der Waals surface area contributed by atoms with Gasteiger partial charge >= 0.3 is 0 Å². The first kappa shape index (κ1) is 19.9. The highest BCUT2D eigenvalue weighted by Gasteiger charge is 2.24. The van der Waals surface area contributed by atoms with Crippen molar-refractivity contribution < 1.29 is 19.0 Å². The number of nitrogens with one attached hydrogen (secondary N) is 1. The molecule has 2 aromatic carbocycles. The number of rotatable bonds is 3. The van der Waals surface area contributed by atoms with E-state index in [9.17, 15) is 19.0 Å². The molecule has 3 N–H and O–H groups in total. The molecule has 8 heteroatoms. The zero-order valence-electron chi connectivity index (χ0n) is 14.3. The van der Waals surface area contributed by atoms with E-state index in [1.165, 1.54) is 30.3 Å². The van der Waals surface area contributed by atoms with Crippen LogP contribution >= 0.6 is 23.8 Å². The number of hydrogen-bond acceptors (Lipinski definition) is 4. The Morgan fingerprint density at radius 2 is 1.67 bits per heavy atom. The molecule has 1 fully saturated rings. The van der Waals surface area contributed by atoms with Gasteiger partial charge in [0.15, 0.2) is 0 Å². The zero-order chi connectivity index (χ0) is 19.6. The average molecular weight is 413 g/mol. The second-order valence-electron chi connectivity index (χ2n) is 6.54. The number of aliphatic hydroxyl groups is 2. The molecule has 0 aromatic heterocycles. The summed E-state index contributed by atoms with van der Waals surface area (Å²) in [6.07, 6.45) is -0.359. The lowest BCUT2D eigenvalue weighted by Crippen LogP contribution is -2.35. The summed E-state index contributed by atoms with van der Waals surface area (Å²) < 4.78 is 27.7. The molecule has 27 heavy (non-hydrogen) atoms. The Morgan fingerprint density at radius 1 is 1.04 bits per heavy atom. The Morgan fingerprint density at radius 3 is 2.30 bits per heavy atom. The molecule has 2 atom stereocenters. The van der Waals surface area contributed by atoms with E-state index < -0.39 is 23.8 Å². The van der Waals surface area contributed by atoms with Gasteiger partial charge in [-0.1, -0.05) is 23.8 Å². The molecular formula is C19H19ClF2N2O2S. The maximum absolute atomic E-state index is 14.4. The number of thiocarbonyl (C=S) groups is 1. The highest BCUT2D eigenvalue weighted by molar-refractivity contribution is 7.81. The number of hydrogen-bond donors (Lipinski definition) is 3. The van der Waals surface area contributed by atoms with Crippen molar-refractivity contribution >= 4 is 40.2 Å². The molecule has 4 nitrogen and oxygen atoms in total. The molecule has 0 saturated carbocycles. The van der Waals surface area contributed by atoms with E-state index in [-0.39, 0.29) is 23.8 Å². The lowest BCUT2D eigenvalue weighted by molar-refractivity contribution is 0.144. The first-order valence-electron chi connectivity index (χ1n) is 8.50. The molecule has 0 unspecified atom stereocenters. The minimum atomic E-state index is -0.642. The Hall–Kier alpha value is -1.80. The number of anilines is 2. The van der Waals surface area contributed by atoms with Crippen molar-refractivity contribution in [2.24, 2.45) is 0 Å². The van der Waals surface area contributed by atoms with Gasteiger partial charge in [-0.25, -0.2) is 8.78 Å². The van der Waals surface area contributed by atoms with E-state index in [1.807, 2.05) is 0 Å². The second-order valence-corrected chi connectivity index (χ2v) is 7.35. The molecule has 1 aliphatic rings. The van der Waals surface area contributed by atoms with Gasteiger partial charge < -0.3 is 20.4 Å². The summed E-state index contributed by atoms with van der Waals surface area (Å²) in [4.78, 5) is 1.94. The quantitative estimate of drug-likeness (QED) is 0.671. The summed E-state index contributed by atoms with van der Waals surface area (Å²) in [6, 6.07) is 8.53. The van der Waals surface area contributed by atoms with Gasteiger partial charge in [-0.15, -0.1) is 0 Å². The Balaban J connectivity index is 1.83. The fourth-order valence-electron chi connectivity index (χ4n) is 3.02. The average Bonchev–Trinajstić information content (AvgIpc) is 2.79. The second kappa shape index (κ2) is 8.48. The van der Waals surface area contributed by atoms with Gasteiger partial charge in [0.25, 0.3) is 0 Å². The van der Waals surface area contributed by atoms with Gasteiger partial charge in [-0.05, 0) is 49.2 Å². The molecule has 3 rings (SSSR count). The lowest BCUT2D eigenvalue weighted by atomic mass is 10.1. The summed E-state index contributed by atoms with van der Waals surface area (Å²) in [5.74, 6) is -0.997.